The van der Waals surface area contributed by atoms with E-state index in [0.717, 1.165) is 32.1 Å². The van der Waals surface area contributed by atoms with Crippen LogP contribution in [0.1, 0.15) is 45.4 Å². The van der Waals surface area contributed by atoms with Crippen LogP contribution in [-0.2, 0) is 4.79 Å². The van der Waals surface area contributed by atoms with Crippen LogP contribution < -0.4 is 11.1 Å². The highest BCUT2D eigenvalue weighted by Gasteiger charge is 2.26. The molecule has 3 atom stereocenters. The Hall–Kier alpha value is -0.610. The van der Waals surface area contributed by atoms with Crippen LogP contribution in [0.5, 0.6) is 0 Å². The van der Waals surface area contributed by atoms with Crippen LogP contribution in [0, 0.1) is 11.8 Å². The fraction of sp³-hybridized carbons (Fsp3) is 0.923. The van der Waals surface area contributed by atoms with Crippen LogP contribution in [0.15, 0.2) is 0 Å². The van der Waals surface area contributed by atoms with Crippen molar-refractivity contribution in [1.29, 1.82) is 0 Å². The van der Waals surface area contributed by atoms with E-state index in [4.69, 9.17) is 5.73 Å². The number of hydrogen-bond donors (Lipinski definition) is 3. The van der Waals surface area contributed by atoms with E-state index in [2.05, 4.69) is 12.2 Å². The van der Waals surface area contributed by atoms with Gasteiger partial charge in [-0.15, -0.1) is 0 Å². The van der Waals surface area contributed by atoms with Gasteiger partial charge in [-0.05, 0) is 25.3 Å². The van der Waals surface area contributed by atoms with Gasteiger partial charge in [-0.3, -0.25) is 4.79 Å². The predicted octanol–water partition coefficient (Wildman–Crippen LogP) is 1.03. The lowest BCUT2D eigenvalue weighted by Gasteiger charge is -2.31. The van der Waals surface area contributed by atoms with Crippen molar-refractivity contribution in [2.45, 2.75) is 51.5 Å². The summed E-state index contributed by atoms with van der Waals surface area (Å²) in [4.78, 5) is 11.9. The summed E-state index contributed by atoms with van der Waals surface area (Å²) in [6.07, 6.45) is 5.79. The number of rotatable bonds is 6. The van der Waals surface area contributed by atoms with Crippen LogP contribution >= 0.6 is 0 Å². The van der Waals surface area contributed by atoms with E-state index in [9.17, 15) is 9.90 Å². The molecule has 0 aromatic heterocycles. The van der Waals surface area contributed by atoms with Crippen molar-refractivity contribution >= 4 is 5.91 Å². The summed E-state index contributed by atoms with van der Waals surface area (Å²) < 4.78 is 0. The molecule has 0 spiro atoms. The zero-order valence-corrected chi connectivity index (χ0v) is 10.8. The van der Waals surface area contributed by atoms with E-state index in [-0.39, 0.29) is 30.4 Å². The molecule has 0 saturated heterocycles. The van der Waals surface area contributed by atoms with Gasteiger partial charge in [0.1, 0.15) is 0 Å². The lowest BCUT2D eigenvalue weighted by atomic mass is 9.85. The number of carbonyl (C=O) groups excluding carboxylic acids is 1. The summed E-state index contributed by atoms with van der Waals surface area (Å²) in [7, 11) is 0. The van der Waals surface area contributed by atoms with Crippen molar-refractivity contribution in [1.82, 2.24) is 5.32 Å². The van der Waals surface area contributed by atoms with E-state index in [1.54, 1.807) is 0 Å². The molecule has 0 aliphatic heterocycles. The van der Waals surface area contributed by atoms with Crippen LogP contribution in [0.4, 0.5) is 0 Å². The SMILES string of the molecule is CCC(CN)CC(=O)NC1CCCCC1CO. The van der Waals surface area contributed by atoms with Gasteiger partial charge in [0.05, 0.1) is 0 Å². The van der Waals surface area contributed by atoms with Gasteiger partial charge in [0.25, 0.3) is 0 Å². The molecule has 1 amide bonds. The van der Waals surface area contributed by atoms with Crippen molar-refractivity contribution < 1.29 is 9.90 Å². The maximum Gasteiger partial charge on any atom is 0.220 e. The Labute approximate surface area is 104 Å². The third-order valence-corrected chi connectivity index (χ3v) is 3.87. The van der Waals surface area contributed by atoms with E-state index < -0.39 is 0 Å². The topological polar surface area (TPSA) is 75.4 Å². The average Bonchev–Trinajstić information content (AvgIpc) is 2.36. The molecule has 0 heterocycles. The zero-order valence-electron chi connectivity index (χ0n) is 10.8. The molecule has 0 aromatic rings. The molecule has 1 rings (SSSR count). The molecule has 17 heavy (non-hydrogen) atoms. The minimum atomic E-state index is 0.0904. The van der Waals surface area contributed by atoms with E-state index >= 15 is 0 Å². The van der Waals surface area contributed by atoms with Crippen molar-refractivity contribution in [2.75, 3.05) is 13.2 Å². The quantitative estimate of drug-likeness (QED) is 0.651. The number of carbonyl (C=O) groups is 1. The van der Waals surface area contributed by atoms with Crippen molar-refractivity contribution in [3.8, 4) is 0 Å². The fourth-order valence-electron chi connectivity index (χ4n) is 2.54. The number of aliphatic hydroxyl groups excluding tert-OH is 1. The second kappa shape index (κ2) is 7.67. The first-order valence-corrected chi connectivity index (χ1v) is 6.81. The second-order valence-corrected chi connectivity index (χ2v) is 5.12. The molecule has 0 bridgehead atoms. The Bertz CT molecular complexity index is 229. The molecule has 1 aliphatic carbocycles. The van der Waals surface area contributed by atoms with Crippen molar-refractivity contribution in [3.05, 3.63) is 0 Å². The smallest absolute Gasteiger partial charge is 0.220 e. The fourth-order valence-corrected chi connectivity index (χ4v) is 2.54. The zero-order chi connectivity index (χ0) is 12.7. The number of nitrogens with two attached hydrogens (primary N) is 1. The largest absolute Gasteiger partial charge is 0.396 e. The standard InChI is InChI=1S/C13H26N2O2/c1-2-10(8-14)7-13(17)15-12-6-4-3-5-11(12)9-16/h10-12,16H,2-9,14H2,1H3,(H,15,17). The molecule has 3 unspecified atom stereocenters. The van der Waals surface area contributed by atoms with E-state index in [0.29, 0.717) is 13.0 Å². The Kier molecular flexibility index (Phi) is 6.52. The Morgan fingerprint density at radius 2 is 2.18 bits per heavy atom. The van der Waals surface area contributed by atoms with Crippen LogP contribution in [0.3, 0.4) is 0 Å². The van der Waals surface area contributed by atoms with Gasteiger partial charge in [0, 0.05) is 25.0 Å². The molecular formula is C13H26N2O2. The molecular weight excluding hydrogens is 216 g/mol. The first kappa shape index (κ1) is 14.5. The highest BCUT2D eigenvalue weighted by molar-refractivity contribution is 5.76. The molecule has 1 fully saturated rings. The monoisotopic (exact) mass is 242 g/mol. The van der Waals surface area contributed by atoms with Gasteiger partial charge in [-0.25, -0.2) is 0 Å². The number of aliphatic hydroxyl groups is 1. The molecule has 1 saturated carbocycles. The predicted molar refractivity (Wildman–Crippen MR) is 68.4 cm³/mol. The van der Waals surface area contributed by atoms with Gasteiger partial charge < -0.3 is 16.2 Å². The highest BCUT2D eigenvalue weighted by atomic mass is 16.3. The van der Waals surface area contributed by atoms with Crippen molar-refractivity contribution in [3.63, 3.8) is 0 Å². The van der Waals surface area contributed by atoms with E-state index in [1.807, 2.05) is 0 Å². The lowest BCUT2D eigenvalue weighted by molar-refractivity contribution is -0.123. The third-order valence-electron chi connectivity index (χ3n) is 3.87. The minimum absolute atomic E-state index is 0.0904. The average molecular weight is 242 g/mol. The molecule has 0 radical (unpaired) electrons. The first-order valence-electron chi connectivity index (χ1n) is 6.81. The van der Waals surface area contributed by atoms with Gasteiger partial charge in [-0.2, -0.15) is 0 Å². The number of hydrogen-bond acceptors (Lipinski definition) is 3. The molecule has 4 heteroatoms. The summed E-state index contributed by atoms with van der Waals surface area (Å²) in [5.41, 5.74) is 5.60. The molecule has 4 nitrogen and oxygen atoms in total. The summed E-state index contributed by atoms with van der Waals surface area (Å²) in [6, 6.07) is 0.163. The Morgan fingerprint density at radius 3 is 2.76 bits per heavy atom. The van der Waals surface area contributed by atoms with Crippen LogP contribution in [-0.4, -0.2) is 30.2 Å². The number of nitrogens with one attached hydrogen (secondary N) is 1. The Balaban J connectivity index is 2.38. The molecule has 4 N–H and O–H groups in total. The molecule has 1 aliphatic rings. The second-order valence-electron chi connectivity index (χ2n) is 5.12. The van der Waals surface area contributed by atoms with Gasteiger partial charge in [0.2, 0.25) is 5.91 Å². The lowest BCUT2D eigenvalue weighted by Crippen LogP contribution is -2.44. The first-order chi connectivity index (χ1) is 8.21. The molecule has 100 valence electrons. The minimum Gasteiger partial charge on any atom is -0.396 e. The van der Waals surface area contributed by atoms with Crippen molar-refractivity contribution in [2.24, 2.45) is 17.6 Å². The van der Waals surface area contributed by atoms with Gasteiger partial charge in [0.15, 0.2) is 0 Å². The molecule has 0 aromatic carbocycles. The maximum absolute atomic E-state index is 11.9. The highest BCUT2D eigenvalue weighted by Crippen LogP contribution is 2.24. The Morgan fingerprint density at radius 1 is 1.47 bits per heavy atom. The third kappa shape index (κ3) is 4.64. The summed E-state index contributed by atoms with van der Waals surface area (Å²) in [5.74, 6) is 0.615. The van der Waals surface area contributed by atoms with Gasteiger partial charge in [-0.1, -0.05) is 26.2 Å². The van der Waals surface area contributed by atoms with Crippen LogP contribution in [0.25, 0.3) is 0 Å². The summed E-state index contributed by atoms with van der Waals surface area (Å²) >= 11 is 0. The van der Waals surface area contributed by atoms with Crippen LogP contribution in [0.2, 0.25) is 0 Å². The van der Waals surface area contributed by atoms with Gasteiger partial charge >= 0.3 is 0 Å². The normalized spacial score (nSPS) is 26.5. The summed E-state index contributed by atoms with van der Waals surface area (Å²) in [6.45, 7) is 2.80. The number of amides is 1. The van der Waals surface area contributed by atoms with E-state index in [1.165, 1.54) is 0 Å². The summed E-state index contributed by atoms with van der Waals surface area (Å²) in [5, 5.41) is 12.3. The maximum atomic E-state index is 11.9.